The summed E-state index contributed by atoms with van der Waals surface area (Å²) in [4.78, 5) is 2.72. The minimum Gasteiger partial charge on any atom is -0.456 e. The molecule has 4 heterocycles. The SMILES string of the molecule is c1ccc2c(c1)Sc1cccc3c1B2c1cccc2c4cc5c(cc4n-3c12)oc1ccccc15. The summed E-state index contributed by atoms with van der Waals surface area (Å²) < 4.78 is 8.78. The van der Waals surface area contributed by atoms with Crippen molar-refractivity contribution in [1.29, 1.82) is 0 Å². The Labute approximate surface area is 199 Å². The lowest BCUT2D eigenvalue weighted by atomic mass is 9.35. The van der Waals surface area contributed by atoms with Crippen molar-refractivity contribution in [1.82, 2.24) is 4.57 Å². The van der Waals surface area contributed by atoms with E-state index in [4.69, 9.17) is 4.42 Å². The van der Waals surface area contributed by atoms with Gasteiger partial charge >= 0.3 is 0 Å². The first kappa shape index (κ1) is 17.6. The van der Waals surface area contributed by atoms with Gasteiger partial charge in [-0.2, -0.15) is 0 Å². The van der Waals surface area contributed by atoms with Gasteiger partial charge in [0.25, 0.3) is 0 Å². The first-order valence-corrected chi connectivity index (χ1v) is 12.5. The molecule has 156 valence electrons. The van der Waals surface area contributed by atoms with Gasteiger partial charge in [0.1, 0.15) is 11.2 Å². The Morgan fingerprint density at radius 2 is 1.41 bits per heavy atom. The van der Waals surface area contributed by atoms with E-state index < -0.39 is 0 Å². The van der Waals surface area contributed by atoms with Crippen LogP contribution in [0.15, 0.2) is 111 Å². The van der Waals surface area contributed by atoms with Crippen LogP contribution < -0.4 is 16.4 Å². The van der Waals surface area contributed by atoms with Gasteiger partial charge in [0.05, 0.1) is 5.52 Å². The first-order chi connectivity index (χ1) is 16.9. The normalized spacial score (nSPS) is 13.7. The first-order valence-electron chi connectivity index (χ1n) is 11.7. The van der Waals surface area contributed by atoms with E-state index in [1.165, 1.54) is 64.4 Å². The summed E-state index contributed by atoms with van der Waals surface area (Å²) in [6.45, 7) is 0.257. The van der Waals surface area contributed by atoms with E-state index in [1.54, 1.807) is 0 Å². The number of para-hydroxylation sites is 2. The van der Waals surface area contributed by atoms with Crippen molar-refractivity contribution in [2.75, 3.05) is 0 Å². The van der Waals surface area contributed by atoms with Gasteiger partial charge in [-0.1, -0.05) is 77.9 Å². The largest absolute Gasteiger partial charge is 0.456 e. The van der Waals surface area contributed by atoms with Crippen molar-refractivity contribution in [2.24, 2.45) is 0 Å². The summed E-state index contributed by atoms with van der Waals surface area (Å²) in [6.07, 6.45) is 0. The van der Waals surface area contributed by atoms with Crippen LogP contribution in [-0.2, 0) is 0 Å². The maximum absolute atomic E-state index is 6.30. The third-order valence-corrected chi connectivity index (χ3v) is 8.82. The van der Waals surface area contributed by atoms with E-state index in [-0.39, 0.29) is 6.71 Å². The number of fused-ring (bicyclic) bond motifs is 10. The molecular formula is C30H16BNOS. The van der Waals surface area contributed by atoms with E-state index in [9.17, 15) is 0 Å². The second kappa shape index (κ2) is 5.96. The zero-order valence-corrected chi connectivity index (χ0v) is 18.9. The van der Waals surface area contributed by atoms with Crippen molar-refractivity contribution in [3.63, 3.8) is 0 Å². The van der Waals surface area contributed by atoms with Crippen LogP contribution in [0.4, 0.5) is 0 Å². The molecule has 4 heteroatoms. The second-order valence-electron chi connectivity index (χ2n) is 9.30. The molecule has 0 spiro atoms. The monoisotopic (exact) mass is 449 g/mol. The number of hydrogen-bond donors (Lipinski definition) is 0. The number of benzene rings is 5. The lowest BCUT2D eigenvalue weighted by Crippen LogP contribution is -2.58. The van der Waals surface area contributed by atoms with E-state index >= 15 is 0 Å². The van der Waals surface area contributed by atoms with Gasteiger partial charge in [-0.25, -0.2) is 0 Å². The molecule has 0 unspecified atom stereocenters. The van der Waals surface area contributed by atoms with Gasteiger partial charge in [-0.3, -0.25) is 0 Å². The van der Waals surface area contributed by atoms with Crippen LogP contribution in [0.2, 0.25) is 0 Å². The molecular weight excluding hydrogens is 433 g/mol. The average Bonchev–Trinajstić information content (AvgIpc) is 3.41. The Morgan fingerprint density at radius 1 is 0.618 bits per heavy atom. The van der Waals surface area contributed by atoms with E-state index in [1.807, 2.05) is 17.8 Å². The Balaban J connectivity index is 1.50. The number of aromatic nitrogens is 1. The zero-order valence-electron chi connectivity index (χ0n) is 18.1. The molecule has 2 nitrogen and oxygen atoms in total. The fourth-order valence-corrected chi connectivity index (χ4v) is 7.48. The molecule has 2 aliphatic rings. The lowest BCUT2D eigenvalue weighted by molar-refractivity contribution is 0.669. The fraction of sp³-hybridized carbons (Fsp3) is 0. The van der Waals surface area contributed by atoms with Crippen LogP contribution in [0.25, 0.3) is 49.4 Å². The van der Waals surface area contributed by atoms with Crippen molar-refractivity contribution < 1.29 is 4.42 Å². The quantitative estimate of drug-likeness (QED) is 0.265. The molecule has 2 aliphatic heterocycles. The third kappa shape index (κ3) is 1.98. The Morgan fingerprint density at radius 3 is 2.41 bits per heavy atom. The van der Waals surface area contributed by atoms with Crippen molar-refractivity contribution in [2.45, 2.75) is 9.79 Å². The molecule has 9 rings (SSSR count). The molecule has 0 saturated carbocycles. The maximum Gasteiger partial charge on any atom is 0.249 e. The Bertz CT molecular complexity index is 2010. The highest BCUT2D eigenvalue weighted by molar-refractivity contribution is 8.00. The topological polar surface area (TPSA) is 18.1 Å². The molecule has 5 aromatic carbocycles. The molecule has 0 bridgehead atoms. The minimum atomic E-state index is 0.257. The van der Waals surface area contributed by atoms with E-state index in [2.05, 4.69) is 95.6 Å². The number of rotatable bonds is 0. The second-order valence-corrected chi connectivity index (χ2v) is 10.4. The van der Waals surface area contributed by atoms with Crippen LogP contribution in [0.1, 0.15) is 0 Å². The van der Waals surface area contributed by atoms with Crippen LogP contribution in [-0.4, -0.2) is 11.3 Å². The van der Waals surface area contributed by atoms with Crippen LogP contribution >= 0.6 is 11.8 Å². The molecule has 0 aliphatic carbocycles. The predicted octanol–water partition coefficient (Wildman–Crippen LogP) is 5.98. The smallest absolute Gasteiger partial charge is 0.249 e. The van der Waals surface area contributed by atoms with Gasteiger partial charge in [0, 0.05) is 48.6 Å². The maximum atomic E-state index is 6.30. The highest BCUT2D eigenvalue weighted by atomic mass is 32.2. The van der Waals surface area contributed by atoms with Gasteiger partial charge < -0.3 is 8.98 Å². The van der Waals surface area contributed by atoms with Gasteiger partial charge in [0.15, 0.2) is 0 Å². The highest BCUT2D eigenvalue weighted by Gasteiger charge is 2.39. The summed E-state index contributed by atoms with van der Waals surface area (Å²) in [7, 11) is 0. The highest BCUT2D eigenvalue weighted by Crippen LogP contribution is 2.40. The standard InChI is InChI=1S/C30H16BNOS/c1-3-12-25-17(7-1)20-15-19-18-8-5-10-22-30(18)32(24(19)16-26(20)33-25)23-11-6-14-28-29(23)31(22)21-9-2-4-13-27(21)34-28/h1-16H. The number of furan rings is 1. The summed E-state index contributed by atoms with van der Waals surface area (Å²) in [6, 6.07) is 35.4. The predicted molar refractivity (Wildman–Crippen MR) is 143 cm³/mol. The van der Waals surface area contributed by atoms with Gasteiger partial charge in [0.2, 0.25) is 6.71 Å². The van der Waals surface area contributed by atoms with E-state index in [0.717, 1.165) is 11.2 Å². The zero-order chi connectivity index (χ0) is 22.0. The van der Waals surface area contributed by atoms with Gasteiger partial charge in [-0.05, 0) is 41.3 Å². The molecule has 2 aromatic heterocycles. The summed E-state index contributed by atoms with van der Waals surface area (Å²) >= 11 is 1.90. The molecule has 0 radical (unpaired) electrons. The van der Waals surface area contributed by atoms with E-state index in [0.29, 0.717) is 0 Å². The third-order valence-electron chi connectivity index (χ3n) is 7.65. The molecule has 0 amide bonds. The number of nitrogens with zero attached hydrogens (tertiary/aromatic N) is 1. The van der Waals surface area contributed by atoms with Crippen molar-refractivity contribution in [3.8, 4) is 5.69 Å². The molecule has 0 fully saturated rings. The van der Waals surface area contributed by atoms with Crippen LogP contribution in [0.3, 0.4) is 0 Å². The molecule has 0 atom stereocenters. The van der Waals surface area contributed by atoms with Crippen molar-refractivity contribution in [3.05, 3.63) is 97.1 Å². The van der Waals surface area contributed by atoms with Crippen LogP contribution in [0, 0.1) is 0 Å². The van der Waals surface area contributed by atoms with Crippen LogP contribution in [0.5, 0.6) is 0 Å². The molecule has 0 saturated heterocycles. The summed E-state index contributed by atoms with van der Waals surface area (Å²) in [5, 5.41) is 4.96. The Hall–Kier alpha value is -3.89. The average molecular weight is 449 g/mol. The van der Waals surface area contributed by atoms with Gasteiger partial charge in [-0.15, -0.1) is 0 Å². The number of hydrogen-bond acceptors (Lipinski definition) is 2. The molecule has 34 heavy (non-hydrogen) atoms. The summed E-state index contributed by atoms with van der Waals surface area (Å²) in [5.74, 6) is 0. The molecule has 7 aromatic rings. The molecule has 0 N–H and O–H groups in total. The summed E-state index contributed by atoms with van der Waals surface area (Å²) in [5.41, 5.74) is 9.95. The minimum absolute atomic E-state index is 0.257. The van der Waals surface area contributed by atoms with Crippen molar-refractivity contribution >= 4 is 78.6 Å². The fourth-order valence-electron chi connectivity index (χ4n) is 6.31. The Kier molecular flexibility index (Phi) is 3.08. The lowest BCUT2D eigenvalue weighted by Gasteiger charge is -2.33.